The van der Waals surface area contributed by atoms with Gasteiger partial charge in [-0.2, -0.15) is 0 Å². The van der Waals surface area contributed by atoms with Crippen LogP contribution in [0.3, 0.4) is 0 Å². The number of nitrogens with zero attached hydrogens (tertiary/aromatic N) is 2. The number of carboxylic acid groups (broad SMARTS) is 1. The fourth-order valence-corrected chi connectivity index (χ4v) is 5.64. The van der Waals surface area contributed by atoms with Gasteiger partial charge >= 0.3 is 41.6 Å². The van der Waals surface area contributed by atoms with Gasteiger partial charge in [0, 0.05) is 31.3 Å². The van der Waals surface area contributed by atoms with Crippen LogP contribution in [0.5, 0.6) is 0 Å². The summed E-state index contributed by atoms with van der Waals surface area (Å²) in [5.74, 6) is -3.19. The molecular weight excluding hydrogens is 533 g/mol. The maximum atomic E-state index is 13.3. The minimum Gasteiger partial charge on any atom is -0.543 e. The number of urea groups is 1. The van der Waals surface area contributed by atoms with Gasteiger partial charge in [-0.25, -0.2) is 4.79 Å². The van der Waals surface area contributed by atoms with E-state index in [1.807, 2.05) is 0 Å². The number of nitrogens with one attached hydrogen (secondary N) is 3. The summed E-state index contributed by atoms with van der Waals surface area (Å²) >= 11 is 6.57. The molecule has 0 aliphatic carbocycles. The molecule has 3 atom stereocenters. The Morgan fingerprint density at radius 3 is 2.57 bits per heavy atom. The number of carboxylic acids is 1. The van der Waals surface area contributed by atoms with Gasteiger partial charge in [0.2, 0.25) is 5.91 Å². The van der Waals surface area contributed by atoms with E-state index < -0.39 is 41.2 Å². The summed E-state index contributed by atoms with van der Waals surface area (Å²) in [6, 6.07) is 6.25. The van der Waals surface area contributed by atoms with Crippen LogP contribution >= 0.6 is 24.0 Å². The molecule has 12 nitrogen and oxygen atoms in total. The quantitative estimate of drug-likeness (QED) is 0.130. The fourth-order valence-electron chi connectivity index (χ4n) is 4.02. The molecule has 3 N–H and O–H groups in total. The number of esters is 1. The Hall–Kier alpha value is -2.65. The molecule has 3 aliphatic heterocycles. The number of fused-ring (bicyclic) bond motifs is 1. The van der Waals surface area contributed by atoms with Crippen molar-refractivity contribution in [2.75, 3.05) is 25.4 Å². The molecule has 0 bridgehead atoms. The van der Waals surface area contributed by atoms with E-state index >= 15 is 0 Å². The molecule has 15 heteroatoms. The van der Waals surface area contributed by atoms with Crippen LogP contribution in [0.15, 0.2) is 41.6 Å². The van der Waals surface area contributed by atoms with Gasteiger partial charge in [0.25, 0.3) is 5.91 Å². The number of rotatable bonds is 7. The molecular formula is C22H22N5NaO7S2. The summed E-state index contributed by atoms with van der Waals surface area (Å²) < 4.78 is 4.90. The number of aliphatic carboxylic acids is 1. The number of amides is 4. The summed E-state index contributed by atoms with van der Waals surface area (Å²) in [5.41, 5.74) is 0.438. The molecule has 190 valence electrons. The maximum Gasteiger partial charge on any atom is 1.00 e. The molecule has 1 aromatic carbocycles. The van der Waals surface area contributed by atoms with E-state index in [-0.39, 0.29) is 64.3 Å². The average Bonchev–Trinajstić information content (AvgIpc) is 3.29. The summed E-state index contributed by atoms with van der Waals surface area (Å²) in [6.07, 6.45) is 0. The topological polar surface area (TPSA) is 160 Å². The third-order valence-electron chi connectivity index (χ3n) is 5.75. The van der Waals surface area contributed by atoms with E-state index in [9.17, 15) is 29.1 Å². The van der Waals surface area contributed by atoms with E-state index in [1.165, 1.54) is 23.6 Å². The van der Waals surface area contributed by atoms with Crippen molar-refractivity contribution in [3.05, 3.63) is 47.2 Å². The van der Waals surface area contributed by atoms with E-state index in [1.54, 1.807) is 30.3 Å². The first-order chi connectivity index (χ1) is 17.2. The van der Waals surface area contributed by atoms with Gasteiger partial charge in [0.15, 0.2) is 5.11 Å². The third kappa shape index (κ3) is 6.09. The smallest absolute Gasteiger partial charge is 0.543 e. The Kier molecular flexibility index (Phi) is 9.58. The number of carbonyl (C=O) groups is 5. The monoisotopic (exact) mass is 555 g/mol. The van der Waals surface area contributed by atoms with E-state index in [4.69, 9.17) is 17.0 Å². The van der Waals surface area contributed by atoms with Crippen molar-refractivity contribution in [2.45, 2.75) is 24.4 Å². The van der Waals surface area contributed by atoms with Crippen LogP contribution in [-0.4, -0.2) is 81.6 Å². The second-order valence-electron chi connectivity index (χ2n) is 8.09. The Labute approximate surface area is 243 Å². The number of carbonyl (C=O) groups excluding carboxylic acids is 5. The molecule has 0 aromatic heterocycles. The van der Waals surface area contributed by atoms with Crippen LogP contribution in [0, 0.1) is 0 Å². The number of ether oxygens (including phenoxy) is 1. The largest absolute Gasteiger partial charge is 1.00 e. The first-order valence-corrected chi connectivity index (χ1v) is 12.4. The van der Waals surface area contributed by atoms with Crippen molar-refractivity contribution in [1.82, 2.24) is 25.8 Å². The van der Waals surface area contributed by atoms with E-state index in [0.29, 0.717) is 18.7 Å². The SMILES string of the molecule is CC(=O)OCC1=C(C(=O)[O-])N2C(=O)C(NC(=O)C(NC(=S)N3CCNC3=O)c3ccccc3)[C@@H]2SC1.[Na+]. The number of thioether (sulfide) groups is 1. The van der Waals surface area contributed by atoms with Crippen molar-refractivity contribution in [3.8, 4) is 0 Å². The van der Waals surface area contributed by atoms with Crippen molar-refractivity contribution in [2.24, 2.45) is 0 Å². The maximum absolute atomic E-state index is 13.3. The standard InChI is InChI=1S/C22H23N5O7S2.Na/c1-11(28)34-9-13-10-36-19-15(18(30)27(19)16(13)20(31)32)24-17(29)14(12-5-3-2-4-6-12)25-22(35)26-8-7-23-21(26)33;/h2-6,14-15,19H,7-10H2,1H3,(H,23,33)(H,24,29)(H,25,35)(H,31,32);/q;+1/p-1/t14?,15?,19-;/m0./s1. The summed E-state index contributed by atoms with van der Waals surface area (Å²) in [5, 5.41) is 19.4. The summed E-state index contributed by atoms with van der Waals surface area (Å²) in [7, 11) is 0. The second-order valence-corrected chi connectivity index (χ2v) is 9.58. The van der Waals surface area contributed by atoms with E-state index in [2.05, 4.69) is 16.0 Å². The number of thiocarbonyl (C=S) groups is 1. The Morgan fingerprint density at radius 1 is 1.27 bits per heavy atom. The fraction of sp³-hybridized carbons (Fsp3) is 0.364. The Balaban J connectivity index is 0.00000380. The van der Waals surface area contributed by atoms with Crippen molar-refractivity contribution in [1.29, 1.82) is 0 Å². The van der Waals surface area contributed by atoms with E-state index in [0.717, 1.165) is 4.90 Å². The van der Waals surface area contributed by atoms with Crippen LogP contribution in [-0.2, 0) is 23.9 Å². The predicted molar refractivity (Wildman–Crippen MR) is 129 cm³/mol. The van der Waals surface area contributed by atoms with Crippen LogP contribution in [0.4, 0.5) is 4.79 Å². The summed E-state index contributed by atoms with van der Waals surface area (Å²) in [6.45, 7) is 1.68. The van der Waals surface area contributed by atoms with Gasteiger partial charge < -0.3 is 30.6 Å². The summed E-state index contributed by atoms with van der Waals surface area (Å²) in [4.78, 5) is 63.5. The van der Waals surface area contributed by atoms with Crippen LogP contribution < -0.4 is 50.6 Å². The van der Waals surface area contributed by atoms with Crippen LogP contribution in [0.1, 0.15) is 18.5 Å². The zero-order valence-corrected chi connectivity index (χ0v) is 23.6. The first-order valence-electron chi connectivity index (χ1n) is 10.9. The molecule has 0 spiro atoms. The number of hydrogen-bond donors (Lipinski definition) is 3. The minimum absolute atomic E-state index is 0. The molecule has 2 fully saturated rings. The zero-order valence-electron chi connectivity index (χ0n) is 20.0. The minimum atomic E-state index is -1.57. The molecule has 4 amide bonds. The predicted octanol–water partition coefficient (Wildman–Crippen LogP) is -4.40. The molecule has 37 heavy (non-hydrogen) atoms. The number of β-lactam (4-membered cyclic amide) rings is 1. The Morgan fingerprint density at radius 2 is 1.97 bits per heavy atom. The molecule has 0 radical (unpaired) electrons. The van der Waals surface area contributed by atoms with Crippen LogP contribution in [0.2, 0.25) is 0 Å². The Bertz CT molecular complexity index is 1170. The molecule has 3 heterocycles. The van der Waals surface area contributed by atoms with Crippen molar-refractivity contribution < 1.29 is 63.4 Å². The van der Waals surface area contributed by atoms with Gasteiger partial charge in [0.05, 0.1) is 11.7 Å². The van der Waals surface area contributed by atoms with Gasteiger partial charge in [0.1, 0.15) is 24.1 Å². The average molecular weight is 556 g/mol. The first kappa shape index (κ1) is 28.9. The van der Waals surface area contributed by atoms with Crippen molar-refractivity contribution in [3.63, 3.8) is 0 Å². The zero-order chi connectivity index (χ0) is 26.0. The molecule has 0 saturated carbocycles. The number of hydrogen-bond acceptors (Lipinski definition) is 9. The van der Waals surface area contributed by atoms with Gasteiger partial charge in [-0.05, 0) is 17.8 Å². The third-order valence-corrected chi connectivity index (χ3v) is 7.43. The van der Waals surface area contributed by atoms with Gasteiger partial charge in [-0.1, -0.05) is 30.3 Å². The van der Waals surface area contributed by atoms with Crippen LogP contribution in [0.25, 0.3) is 0 Å². The van der Waals surface area contributed by atoms with Gasteiger partial charge in [-0.15, -0.1) is 11.8 Å². The molecule has 4 rings (SSSR count). The normalized spacial score (nSPS) is 21.1. The van der Waals surface area contributed by atoms with Gasteiger partial charge in [-0.3, -0.25) is 24.2 Å². The molecule has 2 unspecified atom stereocenters. The van der Waals surface area contributed by atoms with Crippen molar-refractivity contribution >= 4 is 58.9 Å². The second kappa shape index (κ2) is 12.3. The molecule has 3 aliphatic rings. The number of benzene rings is 1. The molecule has 1 aromatic rings. The molecule has 2 saturated heterocycles.